The molecular weight excluding hydrogens is 248 g/mol. The molecule has 0 amide bonds. The summed E-state index contributed by atoms with van der Waals surface area (Å²) in [5, 5.41) is 0. The van der Waals surface area contributed by atoms with Gasteiger partial charge in [0.15, 0.2) is 17.4 Å². The van der Waals surface area contributed by atoms with E-state index in [1.807, 2.05) is 0 Å². The lowest BCUT2D eigenvalue weighted by Gasteiger charge is -2.14. The van der Waals surface area contributed by atoms with E-state index >= 15 is 0 Å². The van der Waals surface area contributed by atoms with Crippen molar-refractivity contribution in [2.24, 2.45) is 11.8 Å². The molecule has 0 N–H and O–H groups in total. The monoisotopic (exact) mass is 267 g/mol. The van der Waals surface area contributed by atoms with E-state index in [2.05, 4.69) is 18.7 Å². The summed E-state index contributed by atoms with van der Waals surface area (Å²) in [4.78, 5) is 14.1. The number of carbonyl (C=O) groups is 1. The second-order valence-electron chi connectivity index (χ2n) is 5.49. The fraction of sp³-hybridized carbons (Fsp3) is 0.533. The Morgan fingerprint density at radius 1 is 1.26 bits per heavy atom. The number of halogens is 2. The molecule has 0 aliphatic carbocycles. The molecule has 4 heteroatoms. The molecule has 1 aromatic rings. The van der Waals surface area contributed by atoms with E-state index in [0.29, 0.717) is 18.4 Å². The maximum absolute atomic E-state index is 13.5. The number of hydrogen-bond donors (Lipinski definition) is 0. The SMILES string of the molecule is CC1CN(CCC(=O)c2cccc(F)c2F)CC1C. The maximum Gasteiger partial charge on any atom is 0.169 e. The second-order valence-corrected chi connectivity index (χ2v) is 5.49. The summed E-state index contributed by atoms with van der Waals surface area (Å²) in [5.41, 5.74) is -0.139. The lowest BCUT2D eigenvalue weighted by Crippen LogP contribution is -2.24. The number of hydrogen-bond acceptors (Lipinski definition) is 2. The minimum Gasteiger partial charge on any atom is -0.302 e. The zero-order valence-electron chi connectivity index (χ0n) is 11.3. The number of likely N-dealkylation sites (tertiary alicyclic amines) is 1. The first kappa shape index (κ1) is 14.1. The first-order chi connectivity index (χ1) is 8.99. The predicted octanol–water partition coefficient (Wildman–Crippen LogP) is 3.13. The van der Waals surface area contributed by atoms with Gasteiger partial charge in [0.2, 0.25) is 0 Å². The van der Waals surface area contributed by atoms with Crippen molar-refractivity contribution in [3.63, 3.8) is 0 Å². The summed E-state index contributed by atoms with van der Waals surface area (Å²) in [6.07, 6.45) is 0.236. The van der Waals surface area contributed by atoms with Gasteiger partial charge in [0.1, 0.15) is 0 Å². The molecule has 1 fully saturated rings. The Labute approximate surface area is 112 Å². The van der Waals surface area contributed by atoms with Gasteiger partial charge in [-0.1, -0.05) is 19.9 Å². The molecule has 2 nitrogen and oxygen atoms in total. The molecule has 2 rings (SSSR count). The van der Waals surface area contributed by atoms with E-state index in [1.54, 1.807) is 0 Å². The average Bonchev–Trinajstić information content (AvgIpc) is 2.69. The zero-order valence-corrected chi connectivity index (χ0v) is 11.3. The Morgan fingerprint density at radius 2 is 1.89 bits per heavy atom. The van der Waals surface area contributed by atoms with Crippen molar-refractivity contribution in [2.75, 3.05) is 19.6 Å². The van der Waals surface area contributed by atoms with Gasteiger partial charge in [-0.15, -0.1) is 0 Å². The van der Waals surface area contributed by atoms with E-state index in [1.165, 1.54) is 12.1 Å². The van der Waals surface area contributed by atoms with Gasteiger partial charge in [-0.2, -0.15) is 0 Å². The maximum atomic E-state index is 13.5. The number of carbonyl (C=O) groups excluding carboxylic acids is 1. The first-order valence-corrected chi connectivity index (χ1v) is 6.68. The van der Waals surface area contributed by atoms with Crippen LogP contribution in [0.4, 0.5) is 8.78 Å². The largest absolute Gasteiger partial charge is 0.302 e. The van der Waals surface area contributed by atoms with Crippen molar-refractivity contribution in [3.8, 4) is 0 Å². The average molecular weight is 267 g/mol. The molecule has 19 heavy (non-hydrogen) atoms. The Hall–Kier alpha value is -1.29. The minimum absolute atomic E-state index is 0.139. The third kappa shape index (κ3) is 3.18. The zero-order chi connectivity index (χ0) is 14.0. The molecule has 0 aromatic heterocycles. The summed E-state index contributed by atoms with van der Waals surface area (Å²) in [5.74, 6) is -1.07. The minimum atomic E-state index is -1.03. The van der Waals surface area contributed by atoms with E-state index in [4.69, 9.17) is 0 Å². The fourth-order valence-electron chi connectivity index (χ4n) is 2.55. The number of nitrogens with zero attached hydrogens (tertiary/aromatic N) is 1. The molecule has 1 saturated heterocycles. The number of Topliss-reactive ketones (excluding diaryl/α,β-unsaturated/α-hetero) is 1. The molecule has 0 radical (unpaired) electrons. The molecule has 1 aliphatic rings. The van der Waals surface area contributed by atoms with Crippen molar-refractivity contribution < 1.29 is 13.6 Å². The van der Waals surface area contributed by atoms with Crippen LogP contribution in [-0.4, -0.2) is 30.3 Å². The first-order valence-electron chi connectivity index (χ1n) is 6.68. The van der Waals surface area contributed by atoms with Crippen LogP contribution in [0.25, 0.3) is 0 Å². The van der Waals surface area contributed by atoms with Crippen molar-refractivity contribution in [3.05, 3.63) is 35.4 Å². The van der Waals surface area contributed by atoms with E-state index in [-0.39, 0.29) is 17.8 Å². The van der Waals surface area contributed by atoms with Gasteiger partial charge in [0.05, 0.1) is 5.56 Å². The fourth-order valence-corrected chi connectivity index (χ4v) is 2.55. The Kier molecular flexibility index (Phi) is 4.30. The van der Waals surface area contributed by atoms with E-state index in [9.17, 15) is 13.6 Å². The van der Waals surface area contributed by atoms with Gasteiger partial charge in [-0.05, 0) is 24.0 Å². The van der Waals surface area contributed by atoms with Crippen LogP contribution in [-0.2, 0) is 0 Å². The van der Waals surface area contributed by atoms with Gasteiger partial charge >= 0.3 is 0 Å². The van der Waals surface area contributed by atoms with Gasteiger partial charge in [0, 0.05) is 26.1 Å². The van der Waals surface area contributed by atoms with E-state index < -0.39 is 11.6 Å². The predicted molar refractivity (Wildman–Crippen MR) is 70.1 cm³/mol. The van der Waals surface area contributed by atoms with Gasteiger partial charge in [-0.25, -0.2) is 8.78 Å². The standard InChI is InChI=1S/C15H19F2NO/c1-10-8-18(9-11(10)2)7-6-14(19)12-4-3-5-13(16)15(12)17/h3-5,10-11H,6-9H2,1-2H3. The van der Waals surface area contributed by atoms with Crippen LogP contribution in [0, 0.1) is 23.5 Å². The summed E-state index contributed by atoms with van der Waals surface area (Å²) in [6.45, 7) is 6.95. The van der Waals surface area contributed by atoms with E-state index in [0.717, 1.165) is 19.2 Å². The smallest absolute Gasteiger partial charge is 0.169 e. The molecule has 104 valence electrons. The Morgan fingerprint density at radius 3 is 2.53 bits per heavy atom. The number of ketones is 1. The molecule has 1 heterocycles. The molecular formula is C15H19F2NO. The summed E-state index contributed by atoms with van der Waals surface area (Å²) in [7, 11) is 0. The van der Waals surface area contributed by atoms with Crippen LogP contribution in [0.1, 0.15) is 30.6 Å². The van der Waals surface area contributed by atoms with Gasteiger partial charge in [0.25, 0.3) is 0 Å². The molecule has 0 bridgehead atoms. The quantitative estimate of drug-likeness (QED) is 0.781. The summed E-state index contributed by atoms with van der Waals surface area (Å²) >= 11 is 0. The van der Waals surface area contributed by atoms with Crippen LogP contribution < -0.4 is 0 Å². The topological polar surface area (TPSA) is 20.3 Å². The van der Waals surface area contributed by atoms with Crippen LogP contribution in [0.15, 0.2) is 18.2 Å². The molecule has 2 atom stereocenters. The van der Waals surface area contributed by atoms with Crippen molar-refractivity contribution in [2.45, 2.75) is 20.3 Å². The Balaban J connectivity index is 1.93. The van der Waals surface area contributed by atoms with Gasteiger partial charge in [-0.3, -0.25) is 4.79 Å². The highest BCUT2D eigenvalue weighted by Gasteiger charge is 2.26. The number of benzene rings is 1. The van der Waals surface area contributed by atoms with Crippen molar-refractivity contribution in [1.29, 1.82) is 0 Å². The molecule has 0 saturated carbocycles. The molecule has 2 unspecified atom stereocenters. The summed E-state index contributed by atoms with van der Waals surface area (Å²) < 4.78 is 26.5. The molecule has 1 aliphatic heterocycles. The lowest BCUT2D eigenvalue weighted by molar-refractivity contribution is 0.0963. The van der Waals surface area contributed by atoms with Crippen molar-refractivity contribution >= 4 is 5.78 Å². The Bertz CT molecular complexity index is 465. The molecule has 0 spiro atoms. The van der Waals surface area contributed by atoms with Crippen LogP contribution >= 0.6 is 0 Å². The highest BCUT2D eigenvalue weighted by Crippen LogP contribution is 2.22. The van der Waals surface area contributed by atoms with Crippen LogP contribution in [0.2, 0.25) is 0 Å². The highest BCUT2D eigenvalue weighted by molar-refractivity contribution is 5.96. The lowest BCUT2D eigenvalue weighted by atomic mass is 10.0. The van der Waals surface area contributed by atoms with Gasteiger partial charge < -0.3 is 4.90 Å². The summed E-state index contributed by atoms with van der Waals surface area (Å²) in [6, 6.07) is 3.73. The normalized spacial score (nSPS) is 23.8. The number of rotatable bonds is 4. The second kappa shape index (κ2) is 5.78. The molecule has 1 aromatic carbocycles. The highest BCUT2D eigenvalue weighted by atomic mass is 19.2. The third-order valence-corrected chi connectivity index (χ3v) is 3.97. The van der Waals surface area contributed by atoms with Crippen molar-refractivity contribution in [1.82, 2.24) is 4.90 Å². The third-order valence-electron chi connectivity index (χ3n) is 3.97. The van der Waals surface area contributed by atoms with Crippen LogP contribution in [0.3, 0.4) is 0 Å². The van der Waals surface area contributed by atoms with Crippen LogP contribution in [0.5, 0.6) is 0 Å².